The highest BCUT2D eigenvalue weighted by atomic mass is 19.1. The fourth-order valence-corrected chi connectivity index (χ4v) is 3.22. The van der Waals surface area contributed by atoms with Crippen molar-refractivity contribution < 1.29 is 4.39 Å². The molecule has 1 fully saturated rings. The third-order valence-electron chi connectivity index (χ3n) is 4.48. The number of pyridine rings is 1. The number of likely N-dealkylation sites (tertiary alicyclic amines) is 1. The van der Waals surface area contributed by atoms with E-state index in [-0.39, 0.29) is 5.82 Å². The molecule has 0 amide bonds. The van der Waals surface area contributed by atoms with Crippen molar-refractivity contribution in [2.75, 3.05) is 13.1 Å². The Morgan fingerprint density at radius 2 is 1.82 bits per heavy atom. The Balaban J connectivity index is 1.49. The van der Waals surface area contributed by atoms with Gasteiger partial charge in [-0.3, -0.25) is 9.88 Å². The van der Waals surface area contributed by atoms with E-state index in [0.717, 1.165) is 37.4 Å². The number of hydrogen-bond acceptors (Lipinski definition) is 2. The lowest BCUT2D eigenvalue weighted by molar-refractivity contribution is 0.175. The summed E-state index contributed by atoms with van der Waals surface area (Å²) >= 11 is 0. The van der Waals surface area contributed by atoms with Crippen LogP contribution in [0.4, 0.5) is 4.39 Å². The molecule has 0 spiro atoms. The number of halogens is 1. The highest BCUT2D eigenvalue weighted by Crippen LogP contribution is 2.22. The quantitative estimate of drug-likeness (QED) is 0.848. The van der Waals surface area contributed by atoms with Crippen LogP contribution in [0.3, 0.4) is 0 Å². The van der Waals surface area contributed by atoms with E-state index in [1.54, 1.807) is 12.1 Å². The van der Waals surface area contributed by atoms with Gasteiger partial charge >= 0.3 is 0 Å². The van der Waals surface area contributed by atoms with Crippen LogP contribution in [0.25, 0.3) is 0 Å². The molecule has 0 saturated carbocycles. The third kappa shape index (κ3) is 4.14. The molecule has 0 unspecified atom stereocenters. The van der Waals surface area contributed by atoms with Gasteiger partial charge < -0.3 is 0 Å². The van der Waals surface area contributed by atoms with Crippen LogP contribution < -0.4 is 0 Å². The maximum Gasteiger partial charge on any atom is 0.123 e. The summed E-state index contributed by atoms with van der Waals surface area (Å²) in [4.78, 5) is 7.07. The molecule has 1 aliphatic heterocycles. The lowest BCUT2D eigenvalue weighted by Gasteiger charge is -2.31. The number of nitrogens with zero attached hydrogens (tertiary/aromatic N) is 2. The van der Waals surface area contributed by atoms with Crippen LogP contribution in [0.5, 0.6) is 0 Å². The van der Waals surface area contributed by atoms with Gasteiger partial charge in [-0.2, -0.15) is 0 Å². The van der Waals surface area contributed by atoms with Crippen LogP contribution in [0.15, 0.2) is 42.5 Å². The molecule has 1 aliphatic rings. The molecule has 3 heteroatoms. The zero-order valence-corrected chi connectivity index (χ0v) is 13.1. The minimum Gasteiger partial charge on any atom is -0.297 e. The van der Waals surface area contributed by atoms with Crippen molar-refractivity contribution in [3.63, 3.8) is 0 Å². The topological polar surface area (TPSA) is 16.1 Å². The number of hydrogen-bond donors (Lipinski definition) is 0. The summed E-state index contributed by atoms with van der Waals surface area (Å²) in [7, 11) is 0. The van der Waals surface area contributed by atoms with E-state index in [4.69, 9.17) is 0 Å². The predicted octanol–water partition coefficient (Wildman–Crippen LogP) is 3.98. The van der Waals surface area contributed by atoms with Gasteiger partial charge in [-0.05, 0) is 75.0 Å². The van der Waals surface area contributed by atoms with E-state index < -0.39 is 0 Å². The summed E-state index contributed by atoms with van der Waals surface area (Å²) < 4.78 is 12.9. The summed E-state index contributed by atoms with van der Waals surface area (Å²) in [6.07, 6.45) is 3.49. The molecule has 0 radical (unpaired) electrons. The van der Waals surface area contributed by atoms with Crippen LogP contribution >= 0.6 is 0 Å². The van der Waals surface area contributed by atoms with Crippen molar-refractivity contribution in [2.24, 2.45) is 5.92 Å². The molecule has 0 bridgehead atoms. The summed E-state index contributed by atoms with van der Waals surface area (Å²) in [5, 5.41) is 0. The van der Waals surface area contributed by atoms with E-state index in [0.29, 0.717) is 5.92 Å². The first-order valence-corrected chi connectivity index (χ1v) is 8.08. The van der Waals surface area contributed by atoms with Crippen molar-refractivity contribution in [3.8, 4) is 0 Å². The Morgan fingerprint density at radius 3 is 2.50 bits per heavy atom. The molecule has 3 rings (SSSR count). The van der Waals surface area contributed by atoms with Crippen LogP contribution in [0, 0.1) is 18.7 Å². The monoisotopic (exact) mass is 298 g/mol. The molecule has 1 saturated heterocycles. The van der Waals surface area contributed by atoms with Crippen LogP contribution in [0.2, 0.25) is 0 Å². The molecular weight excluding hydrogens is 275 g/mol. The summed E-state index contributed by atoms with van der Waals surface area (Å²) in [5.74, 6) is 0.566. The zero-order valence-electron chi connectivity index (χ0n) is 13.1. The van der Waals surface area contributed by atoms with Crippen LogP contribution in [-0.2, 0) is 13.0 Å². The maximum atomic E-state index is 12.9. The first-order chi connectivity index (χ1) is 10.7. The van der Waals surface area contributed by atoms with Gasteiger partial charge in [-0.15, -0.1) is 0 Å². The van der Waals surface area contributed by atoms with E-state index in [1.807, 2.05) is 25.1 Å². The average molecular weight is 298 g/mol. The minimum atomic E-state index is -0.149. The summed E-state index contributed by atoms with van der Waals surface area (Å²) in [6, 6.07) is 13.2. The molecule has 2 nitrogen and oxygen atoms in total. The molecular formula is C19H23FN2. The predicted molar refractivity (Wildman–Crippen MR) is 87.1 cm³/mol. The third-order valence-corrected chi connectivity index (χ3v) is 4.48. The first-order valence-electron chi connectivity index (χ1n) is 8.08. The molecule has 2 heterocycles. The number of aryl methyl sites for hydroxylation is 1. The summed E-state index contributed by atoms with van der Waals surface area (Å²) in [5.41, 5.74) is 3.50. The lowest BCUT2D eigenvalue weighted by atomic mass is 9.90. The SMILES string of the molecule is Cc1cccc(CN2CCC(Cc3ccc(F)cc3)CC2)n1. The van der Waals surface area contributed by atoms with Crippen molar-refractivity contribution in [2.45, 2.75) is 32.7 Å². The highest BCUT2D eigenvalue weighted by molar-refractivity contribution is 5.16. The van der Waals surface area contributed by atoms with Crippen molar-refractivity contribution >= 4 is 0 Å². The van der Waals surface area contributed by atoms with Gasteiger partial charge in [0.2, 0.25) is 0 Å². The van der Waals surface area contributed by atoms with Gasteiger partial charge in [-0.1, -0.05) is 18.2 Å². The summed E-state index contributed by atoms with van der Waals surface area (Å²) in [6.45, 7) is 5.24. The number of benzene rings is 1. The van der Waals surface area contributed by atoms with Gasteiger partial charge in [0.1, 0.15) is 5.82 Å². The van der Waals surface area contributed by atoms with Gasteiger partial charge in [0, 0.05) is 12.2 Å². The van der Waals surface area contributed by atoms with Crippen LogP contribution in [0.1, 0.15) is 29.8 Å². The molecule has 0 N–H and O–H groups in total. The van der Waals surface area contributed by atoms with E-state index in [9.17, 15) is 4.39 Å². The van der Waals surface area contributed by atoms with Crippen molar-refractivity contribution in [3.05, 3.63) is 65.2 Å². The largest absolute Gasteiger partial charge is 0.297 e. The first kappa shape index (κ1) is 15.2. The van der Waals surface area contributed by atoms with Gasteiger partial charge in [0.15, 0.2) is 0 Å². The Hall–Kier alpha value is -1.74. The second kappa shape index (κ2) is 7.01. The zero-order chi connectivity index (χ0) is 15.4. The molecule has 2 aromatic rings. The van der Waals surface area contributed by atoms with Crippen molar-refractivity contribution in [1.82, 2.24) is 9.88 Å². The van der Waals surface area contributed by atoms with E-state index in [1.165, 1.54) is 18.4 Å². The standard InChI is InChI=1S/C19H23FN2/c1-15-3-2-4-19(21-15)14-22-11-9-17(10-12-22)13-16-5-7-18(20)8-6-16/h2-8,17H,9-14H2,1H3. The second-order valence-electron chi connectivity index (χ2n) is 6.32. The molecule has 0 aliphatic carbocycles. The molecule has 1 aromatic heterocycles. The van der Waals surface area contributed by atoms with E-state index >= 15 is 0 Å². The second-order valence-corrected chi connectivity index (χ2v) is 6.32. The molecule has 22 heavy (non-hydrogen) atoms. The number of aromatic nitrogens is 1. The van der Waals surface area contributed by atoms with Gasteiger partial charge in [0.25, 0.3) is 0 Å². The fourth-order valence-electron chi connectivity index (χ4n) is 3.22. The Kier molecular flexibility index (Phi) is 4.84. The van der Waals surface area contributed by atoms with Gasteiger partial charge in [0.05, 0.1) is 5.69 Å². The normalized spacial score (nSPS) is 16.8. The molecule has 0 atom stereocenters. The number of piperidine rings is 1. The minimum absolute atomic E-state index is 0.149. The number of rotatable bonds is 4. The highest BCUT2D eigenvalue weighted by Gasteiger charge is 2.19. The fraction of sp³-hybridized carbons (Fsp3) is 0.421. The van der Waals surface area contributed by atoms with Crippen molar-refractivity contribution in [1.29, 1.82) is 0 Å². The Morgan fingerprint density at radius 1 is 1.09 bits per heavy atom. The van der Waals surface area contributed by atoms with Crippen LogP contribution in [-0.4, -0.2) is 23.0 Å². The molecule has 116 valence electrons. The average Bonchev–Trinajstić information content (AvgIpc) is 2.52. The van der Waals surface area contributed by atoms with Gasteiger partial charge in [-0.25, -0.2) is 4.39 Å². The maximum absolute atomic E-state index is 12.9. The molecule has 1 aromatic carbocycles. The van der Waals surface area contributed by atoms with E-state index in [2.05, 4.69) is 22.0 Å². The Bertz CT molecular complexity index is 601. The lowest BCUT2D eigenvalue weighted by Crippen LogP contribution is -2.34. The Labute approximate surface area is 132 Å². The smallest absolute Gasteiger partial charge is 0.123 e.